The molecule has 5 rings (SSSR count). The van der Waals surface area contributed by atoms with Gasteiger partial charge in [-0.1, -0.05) is 24.3 Å². The van der Waals surface area contributed by atoms with Crippen LogP contribution in [0.1, 0.15) is 11.1 Å². The molecule has 0 saturated carbocycles. The van der Waals surface area contributed by atoms with E-state index in [2.05, 4.69) is 26.7 Å². The van der Waals surface area contributed by atoms with Crippen LogP contribution in [0.3, 0.4) is 0 Å². The van der Waals surface area contributed by atoms with E-state index in [0.717, 1.165) is 32.8 Å². The quantitative estimate of drug-likeness (QED) is 0.258. The lowest BCUT2D eigenvalue weighted by Crippen LogP contribution is -2.19. The van der Waals surface area contributed by atoms with Gasteiger partial charge in [0.15, 0.2) is 0 Å². The van der Waals surface area contributed by atoms with Crippen LogP contribution < -0.4 is 10.6 Å². The van der Waals surface area contributed by atoms with Gasteiger partial charge in [0.2, 0.25) is 0 Å². The molecule has 0 spiro atoms. The molecule has 37 heavy (non-hydrogen) atoms. The highest BCUT2D eigenvalue weighted by Gasteiger charge is 2.30. The van der Waals surface area contributed by atoms with E-state index in [1.165, 1.54) is 29.7 Å². The largest absolute Gasteiger partial charge is 0.416 e. The molecular weight excluding hydrogens is 499 g/mol. The van der Waals surface area contributed by atoms with Crippen LogP contribution in [0.2, 0.25) is 0 Å². The molecule has 0 aliphatic carbocycles. The summed E-state index contributed by atoms with van der Waals surface area (Å²) in [5.41, 5.74) is 2.93. The summed E-state index contributed by atoms with van der Waals surface area (Å²) >= 11 is 1.48. The monoisotopic (exact) mass is 515 g/mol. The van der Waals surface area contributed by atoms with Crippen molar-refractivity contribution < 1.29 is 18.0 Å². The van der Waals surface area contributed by atoms with E-state index in [4.69, 9.17) is 0 Å². The number of carbonyl (C=O) groups excluding carboxylic acids is 1. The van der Waals surface area contributed by atoms with Crippen molar-refractivity contribution in [1.82, 2.24) is 9.97 Å². The zero-order valence-corrected chi connectivity index (χ0v) is 19.7. The van der Waals surface area contributed by atoms with Gasteiger partial charge in [-0.2, -0.15) is 18.4 Å². The number of hydrogen-bond donors (Lipinski definition) is 2. The maximum absolute atomic E-state index is 13.0. The summed E-state index contributed by atoms with van der Waals surface area (Å²) in [7, 11) is 0. The first kappa shape index (κ1) is 24.0. The highest BCUT2D eigenvalue weighted by Crippen LogP contribution is 2.40. The van der Waals surface area contributed by atoms with Crippen LogP contribution in [0, 0.1) is 11.3 Å². The lowest BCUT2D eigenvalue weighted by molar-refractivity contribution is -0.137. The van der Waals surface area contributed by atoms with Crippen LogP contribution in [0.4, 0.5) is 29.3 Å². The molecule has 0 saturated heterocycles. The van der Waals surface area contributed by atoms with E-state index < -0.39 is 17.8 Å². The first-order chi connectivity index (χ1) is 17.8. The van der Waals surface area contributed by atoms with Crippen LogP contribution in [0.25, 0.3) is 31.8 Å². The maximum atomic E-state index is 13.0. The van der Waals surface area contributed by atoms with E-state index in [-0.39, 0.29) is 5.69 Å². The molecule has 2 amide bonds. The minimum absolute atomic E-state index is 0.00704. The number of rotatable bonds is 4. The van der Waals surface area contributed by atoms with E-state index >= 15 is 0 Å². The molecule has 0 unspecified atom stereocenters. The lowest BCUT2D eigenvalue weighted by atomic mass is 10.0. The third-order valence-electron chi connectivity index (χ3n) is 5.46. The number of fused-ring (bicyclic) bond motifs is 1. The van der Waals surface area contributed by atoms with Crippen molar-refractivity contribution in [3.05, 3.63) is 96.4 Å². The molecule has 2 N–H and O–H groups in total. The molecule has 3 heterocycles. The first-order valence-corrected chi connectivity index (χ1v) is 11.7. The Morgan fingerprint density at radius 3 is 2.35 bits per heavy atom. The minimum atomic E-state index is -4.52. The number of pyridine rings is 2. The highest BCUT2D eigenvalue weighted by molar-refractivity contribution is 7.22. The zero-order chi connectivity index (χ0) is 26.0. The summed E-state index contributed by atoms with van der Waals surface area (Å²) in [5, 5.41) is 14.8. The Labute approximate surface area is 213 Å². The Bertz CT molecular complexity index is 1660. The number of benzene rings is 2. The summed E-state index contributed by atoms with van der Waals surface area (Å²) in [4.78, 5) is 22.1. The van der Waals surface area contributed by atoms with Gasteiger partial charge in [-0.05, 0) is 48.0 Å². The average molecular weight is 516 g/mol. The smallest absolute Gasteiger partial charge is 0.308 e. The number of hydrogen-bond acceptors (Lipinski definition) is 5. The van der Waals surface area contributed by atoms with Crippen molar-refractivity contribution in [2.24, 2.45) is 0 Å². The molecule has 2 aromatic carbocycles. The van der Waals surface area contributed by atoms with Gasteiger partial charge < -0.3 is 10.6 Å². The Morgan fingerprint density at radius 1 is 0.919 bits per heavy atom. The van der Waals surface area contributed by atoms with Gasteiger partial charge in [0.25, 0.3) is 0 Å². The summed E-state index contributed by atoms with van der Waals surface area (Å²) in [6.45, 7) is 0. The second-order valence-electron chi connectivity index (χ2n) is 7.96. The number of anilines is 2. The molecule has 0 atom stereocenters. The van der Waals surface area contributed by atoms with Crippen LogP contribution in [-0.4, -0.2) is 16.0 Å². The Hall–Kier alpha value is -4.75. The maximum Gasteiger partial charge on any atom is 0.416 e. The lowest BCUT2D eigenvalue weighted by Gasteiger charge is -2.12. The summed E-state index contributed by atoms with van der Waals surface area (Å²) in [5.74, 6) is 0. The molecule has 0 aliphatic rings. The van der Waals surface area contributed by atoms with E-state index in [0.29, 0.717) is 22.4 Å². The molecule has 182 valence electrons. The van der Waals surface area contributed by atoms with Gasteiger partial charge >= 0.3 is 12.2 Å². The number of halogens is 3. The van der Waals surface area contributed by atoms with Crippen LogP contribution in [0.5, 0.6) is 0 Å². The molecule has 10 heteroatoms. The molecule has 6 nitrogen and oxygen atoms in total. The van der Waals surface area contributed by atoms with Crippen molar-refractivity contribution in [2.75, 3.05) is 10.6 Å². The summed E-state index contributed by atoms with van der Waals surface area (Å²) in [6, 6.07) is 18.5. The van der Waals surface area contributed by atoms with E-state index in [1.54, 1.807) is 30.6 Å². The third kappa shape index (κ3) is 5.12. The van der Waals surface area contributed by atoms with Crippen LogP contribution in [-0.2, 0) is 6.18 Å². The molecule has 5 aromatic rings. The van der Waals surface area contributed by atoms with Gasteiger partial charge in [-0.25, -0.2) is 4.79 Å². The predicted octanol–water partition coefficient (Wildman–Crippen LogP) is 7.56. The standard InChI is InChI=1S/C27H16F3N5OS/c28-27(29,30)19-6-2-8-21(11-19)35-26(36)34-20-7-1-4-16(10-20)24-18(13-31)15-33-22-12-23(37-25(22)24)17-5-3-9-32-14-17/h1-12,14-15H,(H2,34,35,36). The van der Waals surface area contributed by atoms with Crippen molar-refractivity contribution in [3.63, 3.8) is 0 Å². The number of urea groups is 1. The number of nitrogens with one attached hydrogen (secondary N) is 2. The second kappa shape index (κ2) is 9.72. The van der Waals surface area contributed by atoms with Gasteiger partial charge in [0.1, 0.15) is 6.07 Å². The number of nitrogens with zero attached hydrogens (tertiary/aromatic N) is 3. The number of carbonyl (C=O) groups is 1. The highest BCUT2D eigenvalue weighted by atomic mass is 32.1. The fourth-order valence-electron chi connectivity index (χ4n) is 3.82. The topological polar surface area (TPSA) is 90.7 Å². The third-order valence-corrected chi connectivity index (χ3v) is 6.66. The Morgan fingerprint density at radius 2 is 1.65 bits per heavy atom. The van der Waals surface area contributed by atoms with Crippen LogP contribution >= 0.6 is 11.3 Å². The molecule has 0 radical (unpaired) electrons. The van der Waals surface area contributed by atoms with Gasteiger partial charge in [0, 0.05) is 46.0 Å². The predicted molar refractivity (Wildman–Crippen MR) is 137 cm³/mol. The Balaban J connectivity index is 1.45. The van der Waals surface area contributed by atoms with Gasteiger partial charge in [-0.15, -0.1) is 11.3 Å². The van der Waals surface area contributed by atoms with E-state index in [9.17, 15) is 23.2 Å². The molecule has 0 bridgehead atoms. The fraction of sp³-hybridized carbons (Fsp3) is 0.0370. The van der Waals surface area contributed by atoms with Crippen molar-refractivity contribution in [2.45, 2.75) is 6.18 Å². The normalized spacial score (nSPS) is 11.2. The Kier molecular flexibility index (Phi) is 6.29. The molecule has 0 fully saturated rings. The number of alkyl halides is 3. The van der Waals surface area contributed by atoms with Crippen molar-refractivity contribution in [3.8, 4) is 27.6 Å². The SMILES string of the molecule is N#Cc1cnc2cc(-c3cccnc3)sc2c1-c1cccc(NC(=O)Nc2cccc(C(F)(F)F)c2)c1. The first-order valence-electron chi connectivity index (χ1n) is 10.9. The van der Waals surface area contributed by atoms with E-state index in [1.807, 2.05) is 24.3 Å². The van der Waals surface area contributed by atoms with Gasteiger partial charge in [-0.3, -0.25) is 9.97 Å². The van der Waals surface area contributed by atoms with Gasteiger partial charge in [0.05, 0.1) is 21.3 Å². The summed E-state index contributed by atoms with van der Waals surface area (Å²) < 4.78 is 39.7. The number of nitriles is 1. The fourth-order valence-corrected chi connectivity index (χ4v) is 4.99. The van der Waals surface area contributed by atoms with Crippen LogP contribution in [0.15, 0.2) is 85.3 Å². The zero-order valence-electron chi connectivity index (χ0n) is 18.9. The van der Waals surface area contributed by atoms with Crippen molar-refractivity contribution >= 4 is 39.0 Å². The second-order valence-corrected chi connectivity index (χ2v) is 9.02. The minimum Gasteiger partial charge on any atom is -0.308 e. The van der Waals surface area contributed by atoms with Crippen molar-refractivity contribution in [1.29, 1.82) is 5.26 Å². The number of amides is 2. The number of thiophene rings is 1. The molecule has 0 aliphatic heterocycles. The molecular formula is C27H16F3N5OS. The average Bonchev–Trinajstić information content (AvgIpc) is 3.33. The summed E-state index contributed by atoms with van der Waals surface area (Å²) in [6.07, 6.45) is 0.437. The molecule has 3 aromatic heterocycles. The number of aromatic nitrogens is 2.